The highest BCUT2D eigenvalue weighted by molar-refractivity contribution is 6.01. The average Bonchev–Trinajstić information content (AvgIpc) is 3.67. The van der Waals surface area contributed by atoms with Crippen molar-refractivity contribution in [1.29, 1.82) is 0 Å². The van der Waals surface area contributed by atoms with E-state index in [1.807, 2.05) is 48.5 Å². The fourth-order valence-electron chi connectivity index (χ4n) is 5.17. The Morgan fingerprint density at radius 1 is 0.909 bits per heavy atom. The lowest BCUT2D eigenvalue weighted by molar-refractivity contribution is -0.218. The predicted molar refractivity (Wildman–Crippen MR) is 150 cm³/mol. The molecule has 0 aliphatic carbocycles. The number of rotatable bonds is 12. The van der Waals surface area contributed by atoms with Crippen LogP contribution in [0.3, 0.4) is 0 Å². The van der Waals surface area contributed by atoms with Crippen molar-refractivity contribution >= 4 is 23.8 Å². The van der Waals surface area contributed by atoms with Gasteiger partial charge in [-0.1, -0.05) is 36.4 Å². The summed E-state index contributed by atoms with van der Waals surface area (Å²) in [5, 5.41) is 28.6. The fourth-order valence-corrected chi connectivity index (χ4v) is 5.17. The van der Waals surface area contributed by atoms with Crippen LogP contribution in [0.2, 0.25) is 0 Å². The highest BCUT2D eigenvalue weighted by Crippen LogP contribution is 2.36. The Bertz CT molecular complexity index is 1530. The Labute approximate surface area is 251 Å². The summed E-state index contributed by atoms with van der Waals surface area (Å²) >= 11 is 0. The first-order chi connectivity index (χ1) is 21.1. The number of benzene rings is 3. The van der Waals surface area contributed by atoms with Crippen LogP contribution in [0.1, 0.15) is 24.0 Å². The van der Waals surface area contributed by atoms with Crippen LogP contribution in [0, 0.1) is 0 Å². The molecule has 2 aliphatic rings. The fraction of sp³-hybridized carbons (Fsp3) is 0.290. The third kappa shape index (κ3) is 6.28. The summed E-state index contributed by atoms with van der Waals surface area (Å²) in [6, 6.07) is 20.9. The molecule has 3 atom stereocenters. The van der Waals surface area contributed by atoms with Gasteiger partial charge >= 0.3 is 23.7 Å². The maximum atomic E-state index is 13.7. The Morgan fingerprint density at radius 2 is 1.57 bits per heavy atom. The summed E-state index contributed by atoms with van der Waals surface area (Å²) in [5.41, 5.74) is 1.56. The predicted octanol–water partition coefficient (Wildman–Crippen LogP) is 3.12. The highest BCUT2D eigenvalue weighted by Gasteiger charge is 2.58. The number of aliphatic carboxylic acids is 3. The van der Waals surface area contributed by atoms with Crippen LogP contribution >= 0.6 is 0 Å². The molecule has 0 saturated carbocycles. The molecule has 13 heteroatoms. The molecule has 2 heterocycles. The van der Waals surface area contributed by atoms with E-state index >= 15 is 0 Å². The molecule has 0 radical (unpaired) electrons. The van der Waals surface area contributed by atoms with E-state index in [-0.39, 0.29) is 6.79 Å². The molecule has 0 bridgehead atoms. The SMILES string of the molecule is C[C@@H]([C@@H](Cc1ccc2c(c1)OCO2)c1ccc(Oc2ccccc2)cc1)N(CC(=O)O)C(=O)[C@@H]1COC(C(=O)O)(C(=O)O)O1. The number of carbonyl (C=O) groups excluding carboxylic acids is 1. The summed E-state index contributed by atoms with van der Waals surface area (Å²) < 4.78 is 26.9. The second kappa shape index (κ2) is 12.6. The summed E-state index contributed by atoms with van der Waals surface area (Å²) in [4.78, 5) is 50.0. The van der Waals surface area contributed by atoms with Gasteiger partial charge < -0.3 is 43.9 Å². The lowest BCUT2D eigenvalue weighted by Gasteiger charge is -2.35. The monoisotopic (exact) mass is 607 g/mol. The van der Waals surface area contributed by atoms with Gasteiger partial charge in [0.25, 0.3) is 5.91 Å². The van der Waals surface area contributed by atoms with E-state index in [1.165, 1.54) is 0 Å². The van der Waals surface area contributed by atoms with Crippen molar-refractivity contribution < 1.29 is 58.2 Å². The van der Waals surface area contributed by atoms with Gasteiger partial charge in [-0.05, 0) is 60.9 Å². The summed E-state index contributed by atoms with van der Waals surface area (Å²) in [6.45, 7) is 0.281. The molecule has 0 unspecified atom stereocenters. The van der Waals surface area contributed by atoms with Crippen LogP contribution in [0.15, 0.2) is 72.8 Å². The van der Waals surface area contributed by atoms with E-state index in [4.69, 9.17) is 23.7 Å². The number of carboxylic acids is 3. The third-order valence-corrected chi connectivity index (χ3v) is 7.43. The minimum atomic E-state index is -3.08. The molecule has 2 aliphatic heterocycles. The molecule has 1 fully saturated rings. The van der Waals surface area contributed by atoms with Gasteiger partial charge in [-0.15, -0.1) is 0 Å². The maximum absolute atomic E-state index is 13.7. The number of amides is 1. The highest BCUT2D eigenvalue weighted by atomic mass is 16.8. The minimum Gasteiger partial charge on any atom is -0.480 e. The number of fused-ring (bicyclic) bond motifs is 1. The van der Waals surface area contributed by atoms with E-state index in [0.717, 1.165) is 16.0 Å². The van der Waals surface area contributed by atoms with Gasteiger partial charge in [-0.3, -0.25) is 9.59 Å². The van der Waals surface area contributed by atoms with Gasteiger partial charge in [-0.2, -0.15) is 0 Å². The second-order valence-corrected chi connectivity index (χ2v) is 10.2. The largest absolute Gasteiger partial charge is 0.480 e. The van der Waals surface area contributed by atoms with Crippen LogP contribution in [0.25, 0.3) is 0 Å². The van der Waals surface area contributed by atoms with Gasteiger partial charge in [-0.25, -0.2) is 9.59 Å². The summed E-state index contributed by atoms with van der Waals surface area (Å²) in [7, 11) is 0. The van der Waals surface area contributed by atoms with Crippen molar-refractivity contribution in [1.82, 2.24) is 4.90 Å². The first kappa shape index (κ1) is 30.3. The molecule has 13 nitrogen and oxygen atoms in total. The Kier molecular flexibility index (Phi) is 8.69. The average molecular weight is 608 g/mol. The standard InChI is InChI=1S/C31H29NO12/c1-18(32(15-27(33)34)28(35)26-16-42-31(44-26,29(36)37)30(38)39)23(13-19-7-12-24-25(14-19)41-17-40-24)20-8-10-22(11-9-20)43-21-5-3-2-4-6-21/h2-12,14,18,23,26H,13,15-17H2,1H3,(H,33,34)(H,36,37)(H,38,39)/t18-,23+,26-/m0/s1. The number of hydrogen-bond donors (Lipinski definition) is 3. The molecule has 1 saturated heterocycles. The lowest BCUT2D eigenvalue weighted by atomic mass is 9.85. The number of hydrogen-bond acceptors (Lipinski definition) is 9. The van der Waals surface area contributed by atoms with Crippen molar-refractivity contribution in [3.8, 4) is 23.0 Å². The zero-order valence-electron chi connectivity index (χ0n) is 23.5. The minimum absolute atomic E-state index is 0.0834. The molecular formula is C31H29NO12. The Morgan fingerprint density at radius 3 is 2.20 bits per heavy atom. The Balaban J connectivity index is 1.46. The molecule has 3 aromatic carbocycles. The summed E-state index contributed by atoms with van der Waals surface area (Å²) in [6.07, 6.45) is -1.34. The number of carbonyl (C=O) groups is 4. The van der Waals surface area contributed by atoms with Crippen molar-refractivity contribution in [3.63, 3.8) is 0 Å². The maximum Gasteiger partial charge on any atom is 0.377 e. The molecule has 1 amide bonds. The number of para-hydroxylation sites is 1. The van der Waals surface area contributed by atoms with Crippen LogP contribution in [-0.2, 0) is 35.1 Å². The molecule has 3 aromatic rings. The normalized spacial score (nSPS) is 17.8. The quantitative estimate of drug-likeness (QED) is 0.257. The van der Waals surface area contributed by atoms with E-state index in [0.29, 0.717) is 29.4 Å². The smallest absolute Gasteiger partial charge is 0.377 e. The first-order valence-electron chi connectivity index (χ1n) is 13.6. The Hall–Kier alpha value is -5.14. The molecule has 3 N–H and O–H groups in total. The lowest BCUT2D eigenvalue weighted by Crippen LogP contribution is -2.52. The molecule has 230 valence electrons. The second-order valence-electron chi connectivity index (χ2n) is 10.2. The first-order valence-corrected chi connectivity index (χ1v) is 13.6. The van der Waals surface area contributed by atoms with E-state index in [1.54, 1.807) is 31.2 Å². The van der Waals surface area contributed by atoms with Crippen molar-refractivity contribution in [2.24, 2.45) is 0 Å². The van der Waals surface area contributed by atoms with Crippen LogP contribution in [-0.4, -0.2) is 81.9 Å². The van der Waals surface area contributed by atoms with E-state index < -0.39 is 60.8 Å². The van der Waals surface area contributed by atoms with Gasteiger partial charge in [0.1, 0.15) is 18.0 Å². The van der Waals surface area contributed by atoms with Gasteiger partial charge in [0.05, 0.1) is 6.61 Å². The van der Waals surface area contributed by atoms with E-state index in [9.17, 15) is 34.5 Å². The number of ether oxygens (including phenoxy) is 5. The van der Waals surface area contributed by atoms with Gasteiger partial charge in [0, 0.05) is 12.0 Å². The van der Waals surface area contributed by atoms with Crippen molar-refractivity contribution in [3.05, 3.63) is 83.9 Å². The third-order valence-electron chi connectivity index (χ3n) is 7.43. The zero-order valence-corrected chi connectivity index (χ0v) is 23.5. The topological polar surface area (TPSA) is 178 Å². The van der Waals surface area contributed by atoms with Crippen molar-refractivity contribution in [2.45, 2.75) is 37.2 Å². The molecule has 44 heavy (non-hydrogen) atoms. The summed E-state index contributed by atoms with van der Waals surface area (Å²) in [5.74, 6) is -7.41. The number of nitrogens with zero attached hydrogens (tertiary/aromatic N) is 1. The molecule has 5 rings (SSSR count). The van der Waals surface area contributed by atoms with Crippen LogP contribution in [0.5, 0.6) is 23.0 Å². The number of carboxylic acid groups (broad SMARTS) is 3. The van der Waals surface area contributed by atoms with Crippen LogP contribution in [0.4, 0.5) is 0 Å². The van der Waals surface area contributed by atoms with Crippen LogP contribution < -0.4 is 14.2 Å². The molecular weight excluding hydrogens is 578 g/mol. The van der Waals surface area contributed by atoms with Gasteiger partial charge in [0.2, 0.25) is 6.79 Å². The van der Waals surface area contributed by atoms with E-state index in [2.05, 4.69) is 0 Å². The van der Waals surface area contributed by atoms with Gasteiger partial charge in [0.15, 0.2) is 17.6 Å². The molecule has 0 spiro atoms. The molecule has 0 aromatic heterocycles. The van der Waals surface area contributed by atoms with Crippen molar-refractivity contribution in [2.75, 3.05) is 19.9 Å². The zero-order chi connectivity index (χ0) is 31.4.